The molecule has 3 rings (SSSR count). The summed E-state index contributed by atoms with van der Waals surface area (Å²) in [5.41, 5.74) is 4.21. The summed E-state index contributed by atoms with van der Waals surface area (Å²) >= 11 is 6.42. The fourth-order valence-electron chi connectivity index (χ4n) is 3.97. The molecule has 0 unspecified atom stereocenters. The van der Waals surface area contributed by atoms with E-state index in [1.54, 1.807) is 6.07 Å². The van der Waals surface area contributed by atoms with Crippen LogP contribution >= 0.6 is 11.6 Å². The Morgan fingerprint density at radius 3 is 1.83 bits per heavy atom. The molecule has 0 saturated carbocycles. The Morgan fingerprint density at radius 2 is 1.28 bits per heavy atom. The van der Waals surface area contributed by atoms with Gasteiger partial charge in [-0.2, -0.15) is 0 Å². The second-order valence-corrected chi connectivity index (χ2v) is 9.61. The molecule has 0 radical (unpaired) electrons. The van der Waals surface area contributed by atoms with Crippen molar-refractivity contribution in [3.8, 4) is 0 Å². The molecule has 29 heavy (non-hydrogen) atoms. The summed E-state index contributed by atoms with van der Waals surface area (Å²) in [5, 5.41) is 0.701. The Bertz CT molecular complexity index is 997. The van der Waals surface area contributed by atoms with Crippen LogP contribution in [0.4, 0.5) is 4.39 Å². The molecule has 0 N–H and O–H groups in total. The van der Waals surface area contributed by atoms with E-state index in [4.69, 9.17) is 11.6 Å². The van der Waals surface area contributed by atoms with Crippen LogP contribution in [0.25, 0.3) is 0 Å². The quantitative estimate of drug-likeness (QED) is 0.398. The number of halogens is 2. The van der Waals surface area contributed by atoms with E-state index in [1.165, 1.54) is 5.56 Å². The third-order valence-corrected chi connectivity index (χ3v) is 6.54. The molecule has 0 aliphatic heterocycles. The van der Waals surface area contributed by atoms with Crippen molar-refractivity contribution >= 4 is 11.6 Å². The van der Waals surface area contributed by atoms with E-state index >= 15 is 4.39 Å². The van der Waals surface area contributed by atoms with Crippen molar-refractivity contribution in [2.75, 3.05) is 0 Å². The van der Waals surface area contributed by atoms with Gasteiger partial charge in [-0.3, -0.25) is 0 Å². The van der Waals surface area contributed by atoms with Crippen LogP contribution in [-0.4, -0.2) is 0 Å². The van der Waals surface area contributed by atoms with E-state index in [0.717, 1.165) is 16.7 Å². The summed E-state index contributed by atoms with van der Waals surface area (Å²) in [6.07, 6.45) is 0. The second-order valence-electron chi connectivity index (χ2n) is 9.20. The number of benzene rings is 3. The van der Waals surface area contributed by atoms with Crippen molar-refractivity contribution in [1.82, 2.24) is 0 Å². The lowest BCUT2D eigenvalue weighted by Crippen LogP contribution is -2.23. The van der Waals surface area contributed by atoms with Crippen molar-refractivity contribution in [2.24, 2.45) is 0 Å². The lowest BCUT2D eigenvalue weighted by molar-refractivity contribution is 0.539. The van der Waals surface area contributed by atoms with Gasteiger partial charge in [0.25, 0.3) is 0 Å². The van der Waals surface area contributed by atoms with Gasteiger partial charge in [-0.15, -0.1) is 0 Å². The van der Waals surface area contributed by atoms with Gasteiger partial charge in [0, 0.05) is 15.9 Å². The molecule has 3 aromatic carbocycles. The monoisotopic (exact) mass is 408 g/mol. The fourth-order valence-corrected chi connectivity index (χ4v) is 4.35. The van der Waals surface area contributed by atoms with Crippen molar-refractivity contribution in [3.63, 3.8) is 0 Å². The Morgan fingerprint density at radius 1 is 0.724 bits per heavy atom. The fraction of sp³-hybridized carbons (Fsp3) is 0.333. The molecule has 0 amide bonds. The first kappa shape index (κ1) is 21.6. The number of hydrogen-bond donors (Lipinski definition) is 0. The average molecular weight is 409 g/mol. The topological polar surface area (TPSA) is 0 Å². The largest absolute Gasteiger partial charge is 0.207 e. The van der Waals surface area contributed by atoms with Gasteiger partial charge in [0.2, 0.25) is 0 Å². The average Bonchev–Trinajstić information content (AvgIpc) is 2.68. The molecule has 3 aromatic rings. The summed E-state index contributed by atoms with van der Waals surface area (Å²) in [6.45, 7) is 12.7. The second kappa shape index (κ2) is 7.95. The van der Waals surface area contributed by atoms with Crippen LogP contribution in [0.5, 0.6) is 0 Å². The van der Waals surface area contributed by atoms with E-state index in [-0.39, 0.29) is 11.2 Å². The molecule has 0 heterocycles. The SMILES string of the molecule is CC(C)c1ccc(C(C)(C)c2ccc(C(C)(C)c3ccccc3Cl)cc2F)cc1. The molecule has 0 nitrogen and oxygen atoms in total. The van der Waals surface area contributed by atoms with Crippen LogP contribution in [0, 0.1) is 5.82 Å². The zero-order valence-corrected chi connectivity index (χ0v) is 18.9. The van der Waals surface area contributed by atoms with Crippen molar-refractivity contribution in [1.29, 1.82) is 0 Å². The van der Waals surface area contributed by atoms with Gasteiger partial charge in [-0.05, 0) is 45.9 Å². The van der Waals surface area contributed by atoms with Crippen LogP contribution in [-0.2, 0) is 10.8 Å². The first-order chi connectivity index (χ1) is 13.5. The Kier molecular flexibility index (Phi) is 5.92. The highest BCUT2D eigenvalue weighted by atomic mass is 35.5. The van der Waals surface area contributed by atoms with Crippen LogP contribution in [0.1, 0.15) is 75.3 Å². The van der Waals surface area contributed by atoms with Crippen LogP contribution in [0.15, 0.2) is 66.7 Å². The molecule has 0 aromatic heterocycles. The molecule has 152 valence electrons. The maximum atomic E-state index is 15.4. The molecule has 0 aliphatic carbocycles. The van der Waals surface area contributed by atoms with E-state index in [1.807, 2.05) is 36.4 Å². The van der Waals surface area contributed by atoms with Gasteiger partial charge in [-0.25, -0.2) is 4.39 Å². The van der Waals surface area contributed by atoms with Crippen molar-refractivity contribution in [3.05, 3.63) is 105 Å². The minimum atomic E-state index is -0.424. The maximum absolute atomic E-state index is 15.4. The predicted molar refractivity (Wildman–Crippen MR) is 123 cm³/mol. The maximum Gasteiger partial charge on any atom is 0.127 e. The molecule has 0 spiro atoms. The standard InChI is InChI=1S/C27H30ClF/c1-18(2)19-11-13-20(14-12-19)26(3,4)23-16-15-21(17-25(23)29)27(5,6)22-9-7-8-10-24(22)28/h7-18H,1-6H3. The van der Waals surface area contributed by atoms with Crippen molar-refractivity contribution < 1.29 is 4.39 Å². The molecule has 0 aliphatic rings. The lowest BCUT2D eigenvalue weighted by Gasteiger charge is -2.30. The zero-order chi connectivity index (χ0) is 21.4. The van der Waals surface area contributed by atoms with Gasteiger partial charge < -0.3 is 0 Å². The zero-order valence-electron chi connectivity index (χ0n) is 18.2. The van der Waals surface area contributed by atoms with Gasteiger partial charge in [0.05, 0.1) is 0 Å². The summed E-state index contributed by atoms with van der Waals surface area (Å²) in [4.78, 5) is 0. The smallest absolute Gasteiger partial charge is 0.127 e. The van der Waals surface area contributed by atoms with E-state index < -0.39 is 5.41 Å². The molecule has 0 bridgehead atoms. The minimum Gasteiger partial charge on any atom is -0.207 e. The molecule has 0 atom stereocenters. The molecular formula is C27H30ClF. The Hall–Kier alpha value is -2.12. The minimum absolute atomic E-state index is 0.180. The van der Waals surface area contributed by atoms with Crippen molar-refractivity contribution in [2.45, 2.75) is 58.3 Å². The van der Waals surface area contributed by atoms with Crippen LogP contribution < -0.4 is 0 Å². The van der Waals surface area contributed by atoms with Gasteiger partial charge >= 0.3 is 0 Å². The van der Waals surface area contributed by atoms with E-state index in [2.05, 4.69) is 65.8 Å². The number of rotatable bonds is 5. The van der Waals surface area contributed by atoms with Crippen LogP contribution in [0.2, 0.25) is 5.02 Å². The summed E-state index contributed by atoms with van der Waals surface area (Å²) in [5.74, 6) is 0.302. The molecular weight excluding hydrogens is 379 g/mol. The van der Waals surface area contributed by atoms with Gasteiger partial charge in [0.1, 0.15) is 5.82 Å². The Labute approximate surface area is 179 Å². The van der Waals surface area contributed by atoms with Gasteiger partial charge in [-0.1, -0.05) is 108 Å². The van der Waals surface area contributed by atoms with Gasteiger partial charge in [0.15, 0.2) is 0 Å². The molecule has 2 heteroatoms. The highest BCUT2D eigenvalue weighted by Crippen LogP contribution is 2.39. The normalized spacial score (nSPS) is 12.4. The first-order valence-electron chi connectivity index (χ1n) is 10.2. The first-order valence-corrected chi connectivity index (χ1v) is 10.6. The van der Waals surface area contributed by atoms with E-state index in [9.17, 15) is 0 Å². The highest BCUT2D eigenvalue weighted by molar-refractivity contribution is 6.31. The van der Waals surface area contributed by atoms with E-state index in [0.29, 0.717) is 16.5 Å². The highest BCUT2D eigenvalue weighted by Gasteiger charge is 2.30. The predicted octanol–water partition coefficient (Wildman–Crippen LogP) is 8.25. The van der Waals surface area contributed by atoms with Crippen LogP contribution in [0.3, 0.4) is 0 Å². The Balaban J connectivity index is 1.99. The third kappa shape index (κ3) is 4.12. The third-order valence-electron chi connectivity index (χ3n) is 6.21. The molecule has 0 fully saturated rings. The summed E-state index contributed by atoms with van der Waals surface area (Å²) in [7, 11) is 0. The number of hydrogen-bond acceptors (Lipinski definition) is 0. The lowest BCUT2D eigenvalue weighted by atomic mass is 9.74. The summed E-state index contributed by atoms with van der Waals surface area (Å²) < 4.78 is 15.4. The summed E-state index contributed by atoms with van der Waals surface area (Å²) in [6, 6.07) is 21.9. The molecule has 0 saturated heterocycles.